The number of nitrogen functional groups attached to an aromatic ring is 1. The Bertz CT molecular complexity index is 358. The van der Waals surface area contributed by atoms with E-state index in [0.717, 1.165) is 37.9 Å². The lowest BCUT2D eigenvalue weighted by Crippen LogP contribution is -2.23. The highest BCUT2D eigenvalue weighted by Crippen LogP contribution is 2.29. The normalized spacial score (nSPS) is 24.6. The predicted octanol–water partition coefficient (Wildman–Crippen LogP) is 2.28. The summed E-state index contributed by atoms with van der Waals surface area (Å²) < 4.78 is 0. The Labute approximate surface area is 106 Å². The van der Waals surface area contributed by atoms with Crippen LogP contribution in [0.25, 0.3) is 0 Å². The Morgan fingerprint density at radius 2 is 2.06 bits per heavy atom. The minimum atomic E-state index is -0.110. The van der Waals surface area contributed by atoms with Gasteiger partial charge < -0.3 is 16.2 Å². The van der Waals surface area contributed by atoms with Gasteiger partial charge in [-0.3, -0.25) is 4.98 Å². The summed E-state index contributed by atoms with van der Waals surface area (Å²) in [6, 6.07) is 0. The van der Waals surface area contributed by atoms with Gasteiger partial charge in [0, 0.05) is 12.7 Å². The highest BCUT2D eigenvalue weighted by Gasteiger charge is 2.19. The van der Waals surface area contributed by atoms with Gasteiger partial charge in [0.2, 0.25) is 0 Å². The summed E-state index contributed by atoms with van der Waals surface area (Å²) in [5, 5.41) is 13.3. The Hall–Kier alpha value is -1.00. The molecule has 2 rings (SSSR count). The first kappa shape index (κ1) is 12.5. The zero-order chi connectivity index (χ0) is 12.3. The molecule has 94 valence electrons. The predicted molar refractivity (Wildman–Crippen MR) is 70.1 cm³/mol. The molecule has 1 aliphatic carbocycles. The number of halogens is 1. The van der Waals surface area contributed by atoms with E-state index < -0.39 is 0 Å². The number of hydrogen-bond acceptors (Lipinski definition) is 4. The van der Waals surface area contributed by atoms with Crippen molar-refractivity contribution >= 4 is 23.0 Å². The molecule has 0 bridgehead atoms. The number of hydrogen-bond donors (Lipinski definition) is 3. The minimum Gasteiger partial charge on any atom is -0.396 e. The van der Waals surface area contributed by atoms with E-state index in [0.29, 0.717) is 16.6 Å². The molecule has 1 aromatic rings. The number of nitrogens with zero attached hydrogens (tertiary/aromatic N) is 1. The number of pyridine rings is 1. The summed E-state index contributed by atoms with van der Waals surface area (Å²) in [5.41, 5.74) is 7.16. The van der Waals surface area contributed by atoms with Gasteiger partial charge in [0.25, 0.3) is 0 Å². The SMILES string of the molecule is Nc1cncc(Cl)c1NCC1CCC(O)CC1. The van der Waals surface area contributed by atoms with E-state index in [1.54, 1.807) is 12.4 Å². The standard InChI is InChI=1S/C12H18ClN3O/c13-10-6-15-7-11(14)12(10)16-5-8-1-3-9(17)4-2-8/h6-9,17H,1-5,14H2,(H,15,16). The van der Waals surface area contributed by atoms with Crippen LogP contribution in [0.3, 0.4) is 0 Å². The quantitative estimate of drug-likeness (QED) is 0.775. The minimum absolute atomic E-state index is 0.110. The Balaban J connectivity index is 1.89. The van der Waals surface area contributed by atoms with Crippen LogP contribution in [0.5, 0.6) is 0 Å². The van der Waals surface area contributed by atoms with Gasteiger partial charge in [-0.1, -0.05) is 11.6 Å². The van der Waals surface area contributed by atoms with Crippen LogP contribution in [-0.4, -0.2) is 22.7 Å². The van der Waals surface area contributed by atoms with Gasteiger partial charge in [0.15, 0.2) is 0 Å². The topological polar surface area (TPSA) is 71.2 Å². The number of aromatic nitrogens is 1. The van der Waals surface area contributed by atoms with E-state index in [1.165, 1.54) is 0 Å². The molecule has 1 aliphatic rings. The summed E-state index contributed by atoms with van der Waals surface area (Å²) in [6.45, 7) is 0.848. The van der Waals surface area contributed by atoms with Crippen molar-refractivity contribution in [3.05, 3.63) is 17.4 Å². The highest BCUT2D eigenvalue weighted by molar-refractivity contribution is 6.33. The van der Waals surface area contributed by atoms with Crippen LogP contribution in [-0.2, 0) is 0 Å². The van der Waals surface area contributed by atoms with Gasteiger partial charge in [0.05, 0.1) is 28.7 Å². The first-order valence-electron chi connectivity index (χ1n) is 5.97. The lowest BCUT2D eigenvalue weighted by atomic mass is 9.87. The van der Waals surface area contributed by atoms with Crippen LogP contribution in [0.4, 0.5) is 11.4 Å². The van der Waals surface area contributed by atoms with E-state index in [2.05, 4.69) is 10.3 Å². The fourth-order valence-corrected chi connectivity index (χ4v) is 2.46. The summed E-state index contributed by atoms with van der Waals surface area (Å²) in [7, 11) is 0. The lowest BCUT2D eigenvalue weighted by Gasteiger charge is -2.26. The monoisotopic (exact) mass is 255 g/mol. The molecule has 0 aliphatic heterocycles. The molecule has 0 atom stereocenters. The van der Waals surface area contributed by atoms with Crippen molar-refractivity contribution in [1.29, 1.82) is 0 Å². The van der Waals surface area contributed by atoms with Gasteiger partial charge in [-0.2, -0.15) is 0 Å². The molecule has 0 amide bonds. The molecule has 0 saturated heterocycles. The van der Waals surface area contributed by atoms with Crippen LogP contribution < -0.4 is 11.1 Å². The van der Waals surface area contributed by atoms with Crippen LogP contribution in [0.2, 0.25) is 5.02 Å². The average Bonchev–Trinajstić information content (AvgIpc) is 2.31. The van der Waals surface area contributed by atoms with Gasteiger partial charge in [-0.05, 0) is 31.6 Å². The van der Waals surface area contributed by atoms with Gasteiger partial charge >= 0.3 is 0 Å². The van der Waals surface area contributed by atoms with E-state index in [9.17, 15) is 5.11 Å². The number of nitrogens with one attached hydrogen (secondary N) is 1. The number of anilines is 2. The molecular formula is C12H18ClN3O. The van der Waals surface area contributed by atoms with Crippen LogP contribution >= 0.6 is 11.6 Å². The number of aliphatic hydroxyl groups is 1. The number of nitrogens with two attached hydrogens (primary N) is 1. The van der Waals surface area contributed by atoms with Crippen molar-refractivity contribution in [2.24, 2.45) is 5.92 Å². The fraction of sp³-hybridized carbons (Fsp3) is 0.583. The van der Waals surface area contributed by atoms with E-state index >= 15 is 0 Å². The third-order valence-electron chi connectivity index (χ3n) is 3.31. The van der Waals surface area contributed by atoms with E-state index in [1.807, 2.05) is 0 Å². The molecule has 1 fully saturated rings. The summed E-state index contributed by atoms with van der Waals surface area (Å²) >= 11 is 6.03. The second-order valence-corrected chi connectivity index (χ2v) is 5.05. The molecule has 1 heterocycles. The number of aliphatic hydroxyl groups excluding tert-OH is 1. The summed E-state index contributed by atoms with van der Waals surface area (Å²) in [4.78, 5) is 3.92. The third kappa shape index (κ3) is 3.23. The molecule has 0 aromatic carbocycles. The summed E-state index contributed by atoms with van der Waals surface area (Å²) in [5.74, 6) is 0.585. The van der Waals surface area contributed by atoms with Crippen LogP contribution in [0.15, 0.2) is 12.4 Å². The van der Waals surface area contributed by atoms with Crippen molar-refractivity contribution < 1.29 is 5.11 Å². The highest BCUT2D eigenvalue weighted by atomic mass is 35.5. The summed E-state index contributed by atoms with van der Waals surface area (Å²) in [6.07, 6.45) is 6.97. The van der Waals surface area contributed by atoms with Crippen molar-refractivity contribution in [1.82, 2.24) is 4.98 Å². The molecule has 4 nitrogen and oxygen atoms in total. The van der Waals surface area contributed by atoms with Crippen molar-refractivity contribution in [2.75, 3.05) is 17.6 Å². The van der Waals surface area contributed by atoms with Crippen molar-refractivity contribution in [3.8, 4) is 0 Å². The fourth-order valence-electron chi connectivity index (χ4n) is 2.23. The maximum absolute atomic E-state index is 9.43. The Morgan fingerprint density at radius 3 is 2.71 bits per heavy atom. The Kier molecular flexibility index (Phi) is 4.07. The smallest absolute Gasteiger partial charge is 0.0841 e. The zero-order valence-electron chi connectivity index (χ0n) is 9.69. The van der Waals surface area contributed by atoms with E-state index in [-0.39, 0.29) is 6.10 Å². The van der Waals surface area contributed by atoms with E-state index in [4.69, 9.17) is 17.3 Å². The maximum Gasteiger partial charge on any atom is 0.0841 e. The second-order valence-electron chi connectivity index (χ2n) is 4.64. The third-order valence-corrected chi connectivity index (χ3v) is 3.60. The molecule has 17 heavy (non-hydrogen) atoms. The second kappa shape index (κ2) is 5.56. The number of rotatable bonds is 3. The van der Waals surface area contributed by atoms with Crippen LogP contribution in [0.1, 0.15) is 25.7 Å². The first-order valence-corrected chi connectivity index (χ1v) is 6.35. The van der Waals surface area contributed by atoms with Gasteiger partial charge in [-0.25, -0.2) is 0 Å². The molecule has 0 spiro atoms. The molecule has 5 heteroatoms. The average molecular weight is 256 g/mol. The maximum atomic E-state index is 9.43. The Morgan fingerprint density at radius 1 is 1.35 bits per heavy atom. The lowest BCUT2D eigenvalue weighted by molar-refractivity contribution is 0.111. The first-order chi connectivity index (χ1) is 8.16. The molecule has 1 aromatic heterocycles. The van der Waals surface area contributed by atoms with Gasteiger partial charge in [0.1, 0.15) is 0 Å². The molecular weight excluding hydrogens is 238 g/mol. The molecule has 0 unspecified atom stereocenters. The van der Waals surface area contributed by atoms with Crippen molar-refractivity contribution in [2.45, 2.75) is 31.8 Å². The van der Waals surface area contributed by atoms with Crippen molar-refractivity contribution in [3.63, 3.8) is 0 Å². The molecule has 4 N–H and O–H groups in total. The molecule has 0 radical (unpaired) electrons. The molecule has 1 saturated carbocycles. The van der Waals surface area contributed by atoms with Gasteiger partial charge in [-0.15, -0.1) is 0 Å². The van der Waals surface area contributed by atoms with Crippen LogP contribution in [0, 0.1) is 5.92 Å². The zero-order valence-corrected chi connectivity index (χ0v) is 10.5. The largest absolute Gasteiger partial charge is 0.396 e.